The molecular formula is C32H66N2Si2. The highest BCUT2D eigenvalue weighted by Crippen LogP contribution is 2.68. The van der Waals surface area contributed by atoms with E-state index in [1.54, 1.807) is 0 Å². The van der Waals surface area contributed by atoms with Crippen molar-refractivity contribution in [3.05, 3.63) is 22.8 Å². The van der Waals surface area contributed by atoms with E-state index in [4.69, 9.17) is 0 Å². The molecule has 0 spiro atoms. The Balaban J connectivity index is 4.42. The summed E-state index contributed by atoms with van der Waals surface area (Å²) < 4.78 is 5.86. The van der Waals surface area contributed by atoms with Crippen LogP contribution in [0.15, 0.2) is 22.8 Å². The highest BCUT2D eigenvalue weighted by atomic mass is 28.3. The van der Waals surface area contributed by atoms with Crippen molar-refractivity contribution in [3.8, 4) is 0 Å². The van der Waals surface area contributed by atoms with E-state index in [0.717, 1.165) is 0 Å². The van der Waals surface area contributed by atoms with Gasteiger partial charge in [0.1, 0.15) is 0 Å². The van der Waals surface area contributed by atoms with Gasteiger partial charge in [0, 0.05) is 22.8 Å². The summed E-state index contributed by atoms with van der Waals surface area (Å²) in [7, 11) is -4.46. The first-order valence-corrected chi connectivity index (χ1v) is 18.2. The van der Waals surface area contributed by atoms with E-state index in [0.29, 0.717) is 0 Å². The van der Waals surface area contributed by atoms with Crippen LogP contribution >= 0.6 is 0 Å². The second-order valence-corrected chi connectivity index (χ2v) is 30.7. The van der Waals surface area contributed by atoms with Gasteiger partial charge in [0.2, 0.25) is 0 Å². The molecule has 1 rings (SSSR count). The van der Waals surface area contributed by atoms with Gasteiger partial charge >= 0.3 is 0 Å². The van der Waals surface area contributed by atoms with E-state index in [1.165, 1.54) is 22.8 Å². The van der Waals surface area contributed by atoms with Crippen LogP contribution in [0.4, 0.5) is 0 Å². The molecule has 1 heterocycles. The lowest BCUT2D eigenvalue weighted by atomic mass is 10.2. The number of hydrogen-bond donors (Lipinski definition) is 0. The predicted octanol–water partition coefficient (Wildman–Crippen LogP) is 11.8. The summed E-state index contributed by atoms with van der Waals surface area (Å²) in [6, 6.07) is 0. The van der Waals surface area contributed by atoms with Crippen LogP contribution in [0.1, 0.15) is 152 Å². The van der Waals surface area contributed by atoms with Gasteiger partial charge in [0.05, 0.1) is 0 Å². The molecular weight excluding hydrogens is 469 g/mol. The van der Waals surface area contributed by atoms with Crippen molar-refractivity contribution in [2.24, 2.45) is 0 Å². The predicted molar refractivity (Wildman–Crippen MR) is 170 cm³/mol. The Morgan fingerprint density at radius 2 is 0.417 bits per heavy atom. The Bertz CT molecular complexity index is 723. The van der Waals surface area contributed by atoms with Crippen molar-refractivity contribution in [3.63, 3.8) is 0 Å². The van der Waals surface area contributed by atoms with E-state index < -0.39 is 16.5 Å². The van der Waals surface area contributed by atoms with Gasteiger partial charge in [-0.15, -0.1) is 0 Å². The van der Waals surface area contributed by atoms with Gasteiger partial charge in [-0.25, -0.2) is 0 Å². The number of allylic oxidation sites excluding steroid dienone is 4. The highest BCUT2D eigenvalue weighted by Gasteiger charge is 2.68. The van der Waals surface area contributed by atoms with Crippen LogP contribution in [-0.4, -0.2) is 25.6 Å². The molecule has 0 unspecified atom stereocenters. The molecule has 0 amide bonds. The number of rotatable bonds is 2. The molecule has 0 saturated carbocycles. The highest BCUT2D eigenvalue weighted by molar-refractivity contribution is 6.87. The first kappa shape index (κ1) is 33.5. The molecule has 0 radical (unpaired) electrons. The minimum Gasteiger partial charge on any atom is -0.371 e. The smallest absolute Gasteiger partial charge is 0.177 e. The molecule has 0 N–H and O–H groups in total. The largest absolute Gasteiger partial charge is 0.371 e. The zero-order valence-corrected chi connectivity index (χ0v) is 30.9. The Morgan fingerprint density at radius 1 is 0.306 bits per heavy atom. The minimum atomic E-state index is -2.23. The molecule has 0 aliphatic carbocycles. The third-order valence-corrected chi connectivity index (χ3v) is 25.3. The fourth-order valence-electron chi connectivity index (χ4n) is 10.9. The molecule has 1 aliphatic heterocycles. The topological polar surface area (TPSA) is 6.48 Å². The van der Waals surface area contributed by atoms with Crippen LogP contribution in [0.2, 0.25) is 30.2 Å². The van der Waals surface area contributed by atoms with E-state index in [-0.39, 0.29) is 30.2 Å². The summed E-state index contributed by atoms with van der Waals surface area (Å²) in [5.74, 6) is 0. The Labute approximate surface area is 230 Å². The van der Waals surface area contributed by atoms with Gasteiger partial charge in [-0.05, 0) is 57.9 Å². The van der Waals surface area contributed by atoms with Gasteiger partial charge in [-0.2, -0.15) is 0 Å². The van der Waals surface area contributed by atoms with Crippen LogP contribution < -0.4 is 0 Å². The van der Waals surface area contributed by atoms with E-state index in [2.05, 4.69) is 161 Å². The van der Waals surface area contributed by atoms with Gasteiger partial charge in [-0.1, -0.05) is 125 Å². The van der Waals surface area contributed by atoms with Crippen LogP contribution in [0, 0.1) is 0 Å². The van der Waals surface area contributed by atoms with Crippen molar-refractivity contribution < 1.29 is 0 Å². The summed E-state index contributed by atoms with van der Waals surface area (Å²) in [6.07, 6.45) is 0. The summed E-state index contributed by atoms with van der Waals surface area (Å²) >= 11 is 0. The molecule has 1 aliphatic rings. The molecule has 4 heteroatoms. The maximum Gasteiger partial charge on any atom is 0.177 e. The second-order valence-electron chi connectivity index (χ2n) is 17.9. The van der Waals surface area contributed by atoms with Crippen molar-refractivity contribution >= 4 is 16.5 Å². The zero-order chi connectivity index (χ0) is 29.5. The summed E-state index contributed by atoms with van der Waals surface area (Å²) in [4.78, 5) is 0. The molecule has 212 valence electrons. The average molecular weight is 535 g/mol. The lowest BCUT2D eigenvalue weighted by Gasteiger charge is -2.69. The Hall–Kier alpha value is -0.486. The quantitative estimate of drug-likeness (QED) is 0.325. The first-order valence-electron chi connectivity index (χ1n) is 14.3. The Kier molecular flexibility index (Phi) is 8.42. The molecule has 0 aromatic rings. The summed E-state index contributed by atoms with van der Waals surface area (Å²) in [6.45, 7) is 55.1. The molecule has 0 bridgehead atoms. The van der Waals surface area contributed by atoms with Gasteiger partial charge in [0.15, 0.2) is 16.5 Å². The van der Waals surface area contributed by atoms with Gasteiger partial charge < -0.3 is 9.13 Å². The van der Waals surface area contributed by atoms with Crippen LogP contribution in [0.5, 0.6) is 0 Å². The van der Waals surface area contributed by atoms with Gasteiger partial charge in [-0.3, -0.25) is 0 Å². The summed E-state index contributed by atoms with van der Waals surface area (Å²) in [5.41, 5.74) is 5.94. The standard InChI is InChI=1S/C32H66N2Si2/c1-23-24(2)34(36(30(14,15)16,31(17,18)19)32(20,21)22)26(4)25(3)33(23)35(27(5,6)7,28(8,9)10)29(11,12)13/h1-22H3. The number of nitrogens with zero attached hydrogens (tertiary/aromatic N) is 2. The molecule has 0 saturated heterocycles. The maximum atomic E-state index is 2.93. The normalized spacial score (nSPS) is 18.5. The zero-order valence-electron chi connectivity index (χ0n) is 28.9. The summed E-state index contributed by atoms with van der Waals surface area (Å²) in [5, 5.41) is 1.09. The monoisotopic (exact) mass is 534 g/mol. The van der Waals surface area contributed by atoms with E-state index >= 15 is 0 Å². The van der Waals surface area contributed by atoms with Crippen LogP contribution in [0.25, 0.3) is 0 Å². The molecule has 0 atom stereocenters. The second kappa shape index (κ2) is 9.03. The third kappa shape index (κ3) is 4.42. The lowest BCUT2D eigenvalue weighted by Crippen LogP contribution is -2.72. The molecule has 0 aromatic heterocycles. The van der Waals surface area contributed by atoms with Crippen LogP contribution in [-0.2, 0) is 0 Å². The molecule has 36 heavy (non-hydrogen) atoms. The fraction of sp³-hybridized carbons (Fsp3) is 0.875. The molecule has 0 aromatic carbocycles. The average Bonchev–Trinajstić information content (AvgIpc) is 2.53. The van der Waals surface area contributed by atoms with Crippen molar-refractivity contribution in [2.75, 3.05) is 0 Å². The third-order valence-electron chi connectivity index (χ3n) is 9.57. The fourth-order valence-corrected chi connectivity index (χ4v) is 31.1. The maximum absolute atomic E-state index is 2.93. The van der Waals surface area contributed by atoms with Crippen molar-refractivity contribution in [1.82, 2.24) is 9.13 Å². The SMILES string of the molecule is CC1=C(C)N([Si](C(C)(C)C)(C(C)(C)C)C(C)(C)C)C(C)=C(C)N1[Si](C(C)(C)C)(C(C)(C)C)C(C)(C)C. The molecule has 2 nitrogen and oxygen atoms in total. The van der Waals surface area contributed by atoms with Crippen molar-refractivity contribution in [2.45, 2.75) is 183 Å². The van der Waals surface area contributed by atoms with Gasteiger partial charge in [0.25, 0.3) is 0 Å². The minimum absolute atomic E-state index is 0.182. The van der Waals surface area contributed by atoms with Crippen molar-refractivity contribution in [1.29, 1.82) is 0 Å². The molecule has 0 fully saturated rings. The van der Waals surface area contributed by atoms with E-state index in [1.807, 2.05) is 0 Å². The lowest BCUT2D eigenvalue weighted by molar-refractivity contribution is 0.365. The Morgan fingerprint density at radius 3 is 0.500 bits per heavy atom. The van der Waals surface area contributed by atoms with Crippen LogP contribution in [0.3, 0.4) is 0 Å². The van der Waals surface area contributed by atoms with E-state index in [9.17, 15) is 0 Å². The first-order chi connectivity index (χ1) is 15.4. The number of hydrogen-bond acceptors (Lipinski definition) is 2.